The van der Waals surface area contributed by atoms with Crippen LogP contribution >= 0.6 is 0 Å². The Kier molecular flexibility index (Phi) is 6.94. The number of carbonyl (C=O) groups excluding carboxylic acids is 3. The highest BCUT2D eigenvalue weighted by atomic mass is 16.4. The highest BCUT2D eigenvalue weighted by Gasteiger charge is 2.23. The molecule has 0 spiro atoms. The van der Waals surface area contributed by atoms with Crippen molar-refractivity contribution in [1.29, 1.82) is 0 Å². The summed E-state index contributed by atoms with van der Waals surface area (Å²) in [4.78, 5) is 45.0. The molecule has 0 aliphatic carbocycles. The number of aliphatic carboxylic acids is 1. The molecule has 0 aliphatic heterocycles. The molecular weight excluding hydrogens is 256 g/mol. The van der Waals surface area contributed by atoms with Gasteiger partial charge in [-0.3, -0.25) is 9.59 Å². The third-order valence-electron chi connectivity index (χ3n) is 2.29. The van der Waals surface area contributed by atoms with Crippen molar-refractivity contribution >= 4 is 23.8 Å². The Bertz CT molecular complexity index is 371. The molecule has 4 amide bonds. The van der Waals surface area contributed by atoms with E-state index < -0.39 is 29.9 Å². The summed E-state index contributed by atoms with van der Waals surface area (Å²) in [5.74, 6) is -2.66. The van der Waals surface area contributed by atoms with Crippen LogP contribution < -0.4 is 16.8 Å². The van der Waals surface area contributed by atoms with Crippen molar-refractivity contribution in [3.8, 4) is 0 Å². The standard InChI is InChI=1S/C10H18N4O5/c1-2-14(5-8(12)16)10(19)13-6(9(17)18)3-4-7(11)15/h6H,2-5H2,1H3,(H2,11,15)(H2,12,16)(H,13,19)(H,17,18)/t6-/m1/s1. The van der Waals surface area contributed by atoms with Crippen LogP contribution in [0.2, 0.25) is 0 Å². The molecule has 0 radical (unpaired) electrons. The van der Waals surface area contributed by atoms with E-state index in [1.807, 2.05) is 0 Å². The Morgan fingerprint density at radius 1 is 1.21 bits per heavy atom. The van der Waals surface area contributed by atoms with Crippen molar-refractivity contribution in [2.45, 2.75) is 25.8 Å². The molecule has 0 aromatic rings. The average Bonchev–Trinajstić information content (AvgIpc) is 2.30. The highest BCUT2D eigenvalue weighted by molar-refractivity contribution is 5.86. The molecule has 0 aromatic carbocycles. The molecule has 0 rings (SSSR count). The first-order chi connectivity index (χ1) is 8.77. The number of likely N-dealkylation sites (N-methyl/N-ethyl adjacent to an activating group) is 1. The monoisotopic (exact) mass is 274 g/mol. The number of carboxylic acid groups (broad SMARTS) is 1. The molecule has 108 valence electrons. The van der Waals surface area contributed by atoms with E-state index in [9.17, 15) is 19.2 Å². The van der Waals surface area contributed by atoms with Crippen molar-refractivity contribution in [3.05, 3.63) is 0 Å². The van der Waals surface area contributed by atoms with Crippen LogP contribution in [0, 0.1) is 0 Å². The van der Waals surface area contributed by atoms with Gasteiger partial charge in [0.1, 0.15) is 12.6 Å². The van der Waals surface area contributed by atoms with Crippen LogP contribution in [0.3, 0.4) is 0 Å². The Hall–Kier alpha value is -2.32. The van der Waals surface area contributed by atoms with Crippen molar-refractivity contribution in [2.24, 2.45) is 11.5 Å². The lowest BCUT2D eigenvalue weighted by molar-refractivity contribution is -0.139. The number of nitrogens with one attached hydrogen (secondary N) is 1. The fraction of sp³-hybridized carbons (Fsp3) is 0.600. The van der Waals surface area contributed by atoms with Crippen molar-refractivity contribution in [3.63, 3.8) is 0 Å². The minimum absolute atomic E-state index is 0.121. The number of hydrogen-bond acceptors (Lipinski definition) is 4. The zero-order chi connectivity index (χ0) is 15.0. The lowest BCUT2D eigenvalue weighted by Gasteiger charge is -2.22. The number of primary amides is 2. The Balaban J connectivity index is 4.55. The molecule has 0 aromatic heterocycles. The number of carboxylic acids is 1. The van der Waals surface area contributed by atoms with Gasteiger partial charge in [0, 0.05) is 13.0 Å². The second-order valence-electron chi connectivity index (χ2n) is 3.83. The fourth-order valence-corrected chi connectivity index (χ4v) is 1.30. The average molecular weight is 274 g/mol. The van der Waals surface area contributed by atoms with Crippen molar-refractivity contribution in [1.82, 2.24) is 10.2 Å². The Morgan fingerprint density at radius 2 is 1.79 bits per heavy atom. The molecule has 9 nitrogen and oxygen atoms in total. The van der Waals surface area contributed by atoms with Gasteiger partial charge in [0.15, 0.2) is 0 Å². The van der Waals surface area contributed by atoms with Gasteiger partial charge in [-0.15, -0.1) is 0 Å². The van der Waals surface area contributed by atoms with Gasteiger partial charge in [0.05, 0.1) is 0 Å². The predicted molar refractivity (Wildman–Crippen MR) is 64.8 cm³/mol. The summed E-state index contributed by atoms with van der Waals surface area (Å²) in [7, 11) is 0. The summed E-state index contributed by atoms with van der Waals surface area (Å²) in [6.45, 7) is 1.49. The highest BCUT2D eigenvalue weighted by Crippen LogP contribution is 1.99. The van der Waals surface area contributed by atoms with E-state index in [0.717, 1.165) is 4.90 Å². The maximum atomic E-state index is 11.7. The summed E-state index contributed by atoms with van der Waals surface area (Å²) < 4.78 is 0. The van der Waals surface area contributed by atoms with Crippen molar-refractivity contribution < 1.29 is 24.3 Å². The maximum absolute atomic E-state index is 11.7. The van der Waals surface area contributed by atoms with E-state index in [1.165, 1.54) is 0 Å². The topological polar surface area (TPSA) is 156 Å². The summed E-state index contributed by atoms with van der Waals surface area (Å²) >= 11 is 0. The minimum Gasteiger partial charge on any atom is -0.480 e. The molecule has 0 heterocycles. The van der Waals surface area contributed by atoms with E-state index >= 15 is 0 Å². The fourth-order valence-electron chi connectivity index (χ4n) is 1.30. The first-order valence-electron chi connectivity index (χ1n) is 5.62. The number of amides is 4. The summed E-state index contributed by atoms with van der Waals surface area (Å²) in [5.41, 5.74) is 9.87. The minimum atomic E-state index is -1.29. The lowest BCUT2D eigenvalue weighted by Crippen LogP contribution is -2.50. The van der Waals surface area contributed by atoms with Crippen LogP contribution in [-0.4, -0.2) is 53.0 Å². The van der Waals surface area contributed by atoms with Crippen LogP contribution in [0.5, 0.6) is 0 Å². The van der Waals surface area contributed by atoms with Gasteiger partial charge in [0.25, 0.3) is 0 Å². The van der Waals surface area contributed by atoms with E-state index in [2.05, 4.69) is 5.32 Å². The number of hydrogen-bond donors (Lipinski definition) is 4. The molecule has 1 atom stereocenters. The lowest BCUT2D eigenvalue weighted by atomic mass is 10.1. The zero-order valence-corrected chi connectivity index (χ0v) is 10.6. The zero-order valence-electron chi connectivity index (χ0n) is 10.6. The van der Waals surface area contributed by atoms with E-state index in [-0.39, 0.29) is 25.9 Å². The molecular formula is C10H18N4O5. The number of urea groups is 1. The van der Waals surface area contributed by atoms with Crippen LogP contribution in [0.1, 0.15) is 19.8 Å². The number of nitrogens with zero attached hydrogens (tertiary/aromatic N) is 1. The quantitative estimate of drug-likeness (QED) is 0.411. The van der Waals surface area contributed by atoms with Crippen LogP contribution in [0.25, 0.3) is 0 Å². The van der Waals surface area contributed by atoms with E-state index in [1.54, 1.807) is 6.92 Å². The van der Waals surface area contributed by atoms with E-state index in [4.69, 9.17) is 16.6 Å². The van der Waals surface area contributed by atoms with E-state index in [0.29, 0.717) is 0 Å². The molecule has 0 unspecified atom stereocenters. The third kappa shape index (κ3) is 6.86. The van der Waals surface area contributed by atoms with Gasteiger partial charge in [-0.1, -0.05) is 0 Å². The van der Waals surface area contributed by atoms with Gasteiger partial charge in [-0.2, -0.15) is 0 Å². The Morgan fingerprint density at radius 3 is 2.16 bits per heavy atom. The first kappa shape index (κ1) is 16.7. The molecule has 0 saturated carbocycles. The molecule has 0 bridgehead atoms. The molecule has 19 heavy (non-hydrogen) atoms. The van der Waals surface area contributed by atoms with Gasteiger partial charge >= 0.3 is 12.0 Å². The van der Waals surface area contributed by atoms with Crippen LogP contribution in [0.15, 0.2) is 0 Å². The molecule has 0 fully saturated rings. The predicted octanol–water partition coefficient (Wildman–Crippen LogP) is -1.78. The summed E-state index contributed by atoms with van der Waals surface area (Å²) in [6, 6.07) is -1.99. The Labute approximate surface area is 109 Å². The molecule has 6 N–H and O–H groups in total. The van der Waals surface area contributed by atoms with Gasteiger partial charge in [0.2, 0.25) is 11.8 Å². The van der Waals surface area contributed by atoms with Crippen molar-refractivity contribution in [2.75, 3.05) is 13.1 Å². The molecule has 9 heteroatoms. The number of rotatable bonds is 8. The second-order valence-corrected chi connectivity index (χ2v) is 3.83. The summed E-state index contributed by atoms with van der Waals surface area (Å²) in [6.07, 6.45) is -0.288. The maximum Gasteiger partial charge on any atom is 0.326 e. The largest absolute Gasteiger partial charge is 0.480 e. The molecule has 0 saturated heterocycles. The first-order valence-corrected chi connectivity index (χ1v) is 5.62. The smallest absolute Gasteiger partial charge is 0.326 e. The summed E-state index contributed by atoms with van der Waals surface area (Å²) in [5, 5.41) is 11.1. The number of carbonyl (C=O) groups is 4. The van der Waals surface area contributed by atoms with Crippen LogP contribution in [-0.2, 0) is 14.4 Å². The van der Waals surface area contributed by atoms with Gasteiger partial charge in [-0.25, -0.2) is 9.59 Å². The van der Waals surface area contributed by atoms with Crippen LogP contribution in [0.4, 0.5) is 4.79 Å². The normalized spacial score (nSPS) is 11.4. The SMILES string of the molecule is CCN(CC(N)=O)C(=O)N[C@H](CCC(N)=O)C(=O)O. The van der Waals surface area contributed by atoms with Gasteiger partial charge < -0.3 is 26.8 Å². The second kappa shape index (κ2) is 7.90. The molecule has 0 aliphatic rings. The number of nitrogens with two attached hydrogens (primary N) is 2. The van der Waals surface area contributed by atoms with Gasteiger partial charge in [-0.05, 0) is 13.3 Å². The third-order valence-corrected chi connectivity index (χ3v) is 2.29.